The zero-order chi connectivity index (χ0) is 15.4. The Balaban J connectivity index is 2.40. The second-order valence-corrected chi connectivity index (χ2v) is 4.69. The average molecular weight is 285 g/mol. The molecular weight excluding hydrogens is 271 g/mol. The number of nitrogens with zero attached hydrogens (tertiary/aromatic N) is 3. The fourth-order valence-electron chi connectivity index (χ4n) is 2.19. The van der Waals surface area contributed by atoms with Crippen molar-refractivity contribution in [2.75, 3.05) is 0 Å². The zero-order valence-electron chi connectivity index (χ0n) is 11.8. The third-order valence-corrected chi connectivity index (χ3v) is 3.29. The van der Waals surface area contributed by atoms with E-state index in [-0.39, 0.29) is 5.57 Å². The molecule has 0 aliphatic rings. The molecule has 0 N–H and O–H groups in total. The molecule has 0 saturated carbocycles. The van der Waals surface area contributed by atoms with Crippen LogP contribution in [0.2, 0.25) is 5.82 Å². The van der Waals surface area contributed by atoms with E-state index in [1.165, 1.54) is 0 Å². The van der Waals surface area contributed by atoms with Crippen molar-refractivity contribution >= 4 is 18.6 Å². The highest BCUT2D eigenvalue weighted by atomic mass is 19.3. The number of imidazole rings is 1. The molecule has 1 aromatic carbocycles. The molecule has 0 aliphatic heterocycles. The lowest BCUT2D eigenvalue weighted by Gasteiger charge is -2.22. The van der Waals surface area contributed by atoms with Gasteiger partial charge in [0.05, 0.1) is 14.1 Å². The number of nitriles is 1. The maximum absolute atomic E-state index is 13.3. The molecule has 1 heterocycles. The first-order valence-electron chi connectivity index (χ1n) is 6.40. The van der Waals surface area contributed by atoms with Gasteiger partial charge in [0.1, 0.15) is 12.4 Å². The highest BCUT2D eigenvalue weighted by Gasteiger charge is 2.16. The molecule has 1 unspecified atom stereocenters. The normalized spacial score (nSPS) is 11.8. The number of hydrogen-bond donors (Lipinski definition) is 0. The Labute approximate surface area is 123 Å². The summed E-state index contributed by atoms with van der Waals surface area (Å²) in [5.74, 6) is -1.02. The second-order valence-electron chi connectivity index (χ2n) is 4.69. The molecule has 2 aromatic rings. The Hall–Kier alpha value is -2.42. The predicted molar refractivity (Wildman–Crippen MR) is 76.9 cm³/mol. The van der Waals surface area contributed by atoms with E-state index in [0.717, 1.165) is 0 Å². The van der Waals surface area contributed by atoms with Crippen LogP contribution in [0.5, 0.6) is 0 Å². The molecule has 2 rings (SSSR count). The number of allylic oxidation sites excluding steroid dienone is 1. The molecule has 1 atom stereocenters. The van der Waals surface area contributed by atoms with Gasteiger partial charge in [-0.1, -0.05) is 36.1 Å². The highest BCUT2D eigenvalue weighted by Crippen LogP contribution is 2.31. The Morgan fingerprint density at radius 1 is 1.33 bits per heavy atom. The Morgan fingerprint density at radius 3 is 2.48 bits per heavy atom. The van der Waals surface area contributed by atoms with E-state index in [4.69, 9.17) is 0 Å². The summed E-state index contributed by atoms with van der Waals surface area (Å²) in [5, 5.41) is 9.32. The van der Waals surface area contributed by atoms with Crippen LogP contribution in [-0.2, 0) is 14.1 Å². The summed E-state index contributed by atoms with van der Waals surface area (Å²) in [6.07, 6.45) is 1.77. The first-order valence-corrected chi connectivity index (χ1v) is 6.40. The Morgan fingerprint density at radius 2 is 2.00 bits per heavy atom. The van der Waals surface area contributed by atoms with E-state index in [1.807, 2.05) is 6.07 Å². The van der Waals surface area contributed by atoms with Crippen LogP contribution in [0.3, 0.4) is 0 Å². The summed E-state index contributed by atoms with van der Waals surface area (Å²) < 4.78 is 30.3. The number of aromatic nitrogens is 2. The number of aryl methyl sites for hydroxylation is 2. The van der Waals surface area contributed by atoms with Crippen molar-refractivity contribution in [3.8, 4) is 6.07 Å². The summed E-state index contributed by atoms with van der Waals surface area (Å²) in [7, 11) is 5.15. The van der Waals surface area contributed by atoms with Crippen LogP contribution >= 0.6 is 0 Å². The van der Waals surface area contributed by atoms with Crippen LogP contribution in [-0.4, -0.2) is 11.8 Å². The van der Waals surface area contributed by atoms with Crippen molar-refractivity contribution in [2.45, 2.75) is 5.82 Å². The lowest BCUT2D eigenvalue weighted by atomic mass is 9.60. The van der Waals surface area contributed by atoms with Crippen molar-refractivity contribution in [3.05, 3.63) is 54.4 Å². The first-order chi connectivity index (χ1) is 10.0. The minimum Gasteiger partial charge on any atom is -0.280 e. The average Bonchev–Trinajstić information content (AvgIpc) is 2.78. The smallest absolute Gasteiger partial charge is 0.271 e. The largest absolute Gasteiger partial charge is 0.280 e. The molecule has 2 radical (unpaired) electrons. The SMILES string of the molecule is Cn1cc[n+](C)c1[B-]C(C#N)C(=C(F)F)c1ccccc1. The quantitative estimate of drug-likeness (QED) is 0.623. The van der Waals surface area contributed by atoms with Gasteiger partial charge in [-0.15, -0.1) is 0 Å². The number of benzene rings is 1. The minimum absolute atomic E-state index is 0.251. The summed E-state index contributed by atoms with van der Waals surface area (Å²) in [5.41, 5.74) is 0.799. The molecule has 106 valence electrons. The zero-order valence-corrected chi connectivity index (χ0v) is 11.8. The molecule has 0 fully saturated rings. The van der Waals surface area contributed by atoms with Gasteiger partial charge < -0.3 is 0 Å². The summed E-state index contributed by atoms with van der Waals surface area (Å²) in [6.45, 7) is 0. The maximum atomic E-state index is 13.3. The van der Waals surface area contributed by atoms with Crippen LogP contribution < -0.4 is 10.3 Å². The van der Waals surface area contributed by atoms with E-state index in [0.29, 0.717) is 11.3 Å². The van der Waals surface area contributed by atoms with Gasteiger partial charge in [-0.05, 0) is 5.56 Å². The van der Waals surface area contributed by atoms with Crippen LogP contribution in [0.15, 0.2) is 48.8 Å². The van der Waals surface area contributed by atoms with Crippen LogP contribution in [0.4, 0.5) is 8.78 Å². The highest BCUT2D eigenvalue weighted by molar-refractivity contribution is 6.55. The fraction of sp³-hybridized carbons (Fsp3) is 0.200. The summed E-state index contributed by atoms with van der Waals surface area (Å²) in [6, 6.07) is 10.2. The van der Waals surface area contributed by atoms with Crippen LogP contribution in [0.25, 0.3) is 5.57 Å². The van der Waals surface area contributed by atoms with Gasteiger partial charge in [-0.25, -0.2) is 5.26 Å². The molecule has 6 heteroatoms. The molecule has 3 nitrogen and oxygen atoms in total. The second kappa shape index (κ2) is 6.36. The minimum atomic E-state index is -1.83. The molecule has 0 amide bonds. The lowest BCUT2D eigenvalue weighted by molar-refractivity contribution is -0.653. The van der Waals surface area contributed by atoms with Gasteiger partial charge in [0.2, 0.25) is 0 Å². The first kappa shape index (κ1) is 15.0. The molecule has 1 aromatic heterocycles. The van der Waals surface area contributed by atoms with Gasteiger partial charge in [-0.3, -0.25) is 9.13 Å². The number of hydrogen-bond acceptors (Lipinski definition) is 1. The van der Waals surface area contributed by atoms with E-state index in [2.05, 4.69) is 0 Å². The van der Waals surface area contributed by atoms with E-state index >= 15 is 0 Å². The lowest BCUT2D eigenvalue weighted by Crippen LogP contribution is -2.50. The van der Waals surface area contributed by atoms with Crippen LogP contribution in [0.1, 0.15) is 5.56 Å². The molecule has 0 bridgehead atoms. The Bertz CT molecular complexity index is 678. The van der Waals surface area contributed by atoms with Crippen molar-refractivity contribution in [2.24, 2.45) is 14.1 Å². The molecule has 0 saturated heterocycles. The van der Waals surface area contributed by atoms with Crippen LogP contribution in [0, 0.1) is 11.3 Å². The van der Waals surface area contributed by atoms with Crippen molar-refractivity contribution < 1.29 is 13.3 Å². The maximum Gasteiger partial charge on any atom is 0.271 e. The van der Waals surface area contributed by atoms with E-state index in [9.17, 15) is 14.0 Å². The molecular formula is C15H14BF2N3. The topological polar surface area (TPSA) is 32.6 Å². The van der Waals surface area contributed by atoms with Gasteiger partial charge in [0.15, 0.2) is 0 Å². The third-order valence-electron chi connectivity index (χ3n) is 3.29. The van der Waals surface area contributed by atoms with Gasteiger partial charge in [-0.2, -0.15) is 16.1 Å². The number of halogens is 2. The molecule has 21 heavy (non-hydrogen) atoms. The van der Waals surface area contributed by atoms with Crippen molar-refractivity contribution in [3.63, 3.8) is 0 Å². The van der Waals surface area contributed by atoms with Crippen molar-refractivity contribution in [1.29, 1.82) is 5.26 Å². The molecule has 0 spiro atoms. The van der Waals surface area contributed by atoms with E-state index in [1.54, 1.807) is 73.2 Å². The van der Waals surface area contributed by atoms with Gasteiger partial charge >= 0.3 is 0 Å². The summed E-state index contributed by atoms with van der Waals surface area (Å²) >= 11 is 0. The molecule has 0 aliphatic carbocycles. The monoisotopic (exact) mass is 285 g/mol. The summed E-state index contributed by atoms with van der Waals surface area (Å²) in [4.78, 5) is 0. The van der Waals surface area contributed by atoms with Gasteiger partial charge in [0.25, 0.3) is 6.08 Å². The predicted octanol–water partition coefficient (Wildman–Crippen LogP) is 1.80. The van der Waals surface area contributed by atoms with E-state index < -0.39 is 11.9 Å². The number of rotatable bonds is 4. The standard InChI is InChI=1S/C15H14BF2N3/c1-20-8-9-21(2)15(20)16-12(10-19)13(14(17)18)11-6-4-3-5-7-11/h3-9,12H,1-2H3. The van der Waals surface area contributed by atoms with Crippen molar-refractivity contribution in [1.82, 2.24) is 4.57 Å². The third kappa shape index (κ3) is 3.19. The fourth-order valence-corrected chi connectivity index (χ4v) is 2.19. The van der Waals surface area contributed by atoms with Gasteiger partial charge in [0, 0.05) is 17.4 Å². The Kier molecular flexibility index (Phi) is 4.54.